The van der Waals surface area contributed by atoms with E-state index in [1.807, 2.05) is 38.1 Å². The second-order valence-electron chi connectivity index (χ2n) is 7.21. The molecule has 0 aliphatic carbocycles. The lowest BCUT2D eigenvalue weighted by Crippen LogP contribution is -2.31. The van der Waals surface area contributed by atoms with Gasteiger partial charge in [-0.3, -0.25) is 19.3 Å². The summed E-state index contributed by atoms with van der Waals surface area (Å²) in [5, 5.41) is 3.02. The van der Waals surface area contributed by atoms with Gasteiger partial charge in [0.25, 0.3) is 17.7 Å². The predicted octanol–water partition coefficient (Wildman–Crippen LogP) is 3.51. The number of rotatable bonds is 8. The van der Waals surface area contributed by atoms with Crippen LogP contribution >= 0.6 is 0 Å². The van der Waals surface area contributed by atoms with Crippen molar-refractivity contribution in [2.75, 3.05) is 20.3 Å². The van der Waals surface area contributed by atoms with Crippen molar-refractivity contribution in [3.63, 3.8) is 0 Å². The first-order valence-corrected chi connectivity index (χ1v) is 9.82. The molecule has 3 rings (SSSR count). The molecule has 0 saturated carbocycles. The number of benzene rings is 2. The van der Waals surface area contributed by atoms with E-state index in [-0.39, 0.29) is 29.3 Å². The highest BCUT2D eigenvalue weighted by molar-refractivity contribution is 6.22. The van der Waals surface area contributed by atoms with Crippen molar-refractivity contribution in [2.45, 2.75) is 32.7 Å². The summed E-state index contributed by atoms with van der Waals surface area (Å²) in [6.07, 6.45) is 1.31. The van der Waals surface area contributed by atoms with Crippen molar-refractivity contribution in [1.29, 1.82) is 0 Å². The van der Waals surface area contributed by atoms with Gasteiger partial charge in [0, 0.05) is 25.8 Å². The maximum Gasteiger partial charge on any atom is 0.261 e. The second-order valence-corrected chi connectivity index (χ2v) is 7.21. The van der Waals surface area contributed by atoms with Gasteiger partial charge in [-0.05, 0) is 43.5 Å². The zero-order valence-electron chi connectivity index (χ0n) is 17.0. The standard InChI is InChI=1S/C23H26N2O4/c1-4-20(16-8-6-15(2)7-9-16)24-21(26)17-10-11-18-19(14-17)23(28)25(22(18)27)12-5-13-29-3/h6-11,14,20H,4-5,12-13H2,1-3H3,(H,24,26)/t20-/m1/s1. The summed E-state index contributed by atoms with van der Waals surface area (Å²) >= 11 is 0. The number of hydrogen-bond acceptors (Lipinski definition) is 4. The van der Waals surface area contributed by atoms with Crippen LogP contribution in [-0.2, 0) is 4.74 Å². The number of methoxy groups -OCH3 is 1. The molecule has 0 bridgehead atoms. The molecule has 0 aromatic heterocycles. The topological polar surface area (TPSA) is 75.7 Å². The van der Waals surface area contributed by atoms with Crippen molar-refractivity contribution in [1.82, 2.24) is 10.2 Å². The SMILES string of the molecule is CC[C@@H](NC(=O)c1ccc2c(c1)C(=O)N(CCCOC)C2=O)c1ccc(C)cc1. The molecule has 0 unspecified atom stereocenters. The smallest absolute Gasteiger partial charge is 0.261 e. The maximum atomic E-state index is 12.8. The van der Waals surface area contributed by atoms with E-state index < -0.39 is 0 Å². The number of carbonyl (C=O) groups is 3. The van der Waals surface area contributed by atoms with Gasteiger partial charge in [0.1, 0.15) is 0 Å². The lowest BCUT2D eigenvalue weighted by molar-refractivity contribution is 0.0638. The van der Waals surface area contributed by atoms with E-state index in [4.69, 9.17) is 4.74 Å². The van der Waals surface area contributed by atoms with Crippen LogP contribution in [0.5, 0.6) is 0 Å². The van der Waals surface area contributed by atoms with Crippen LogP contribution in [0.25, 0.3) is 0 Å². The Balaban J connectivity index is 1.76. The number of carbonyl (C=O) groups excluding carboxylic acids is 3. The molecule has 0 saturated heterocycles. The highest BCUT2D eigenvalue weighted by atomic mass is 16.5. The van der Waals surface area contributed by atoms with Gasteiger partial charge >= 0.3 is 0 Å². The molecule has 2 aromatic carbocycles. The lowest BCUT2D eigenvalue weighted by Gasteiger charge is -2.18. The lowest BCUT2D eigenvalue weighted by atomic mass is 10.0. The van der Waals surface area contributed by atoms with Gasteiger partial charge in [-0.2, -0.15) is 0 Å². The van der Waals surface area contributed by atoms with E-state index in [1.54, 1.807) is 19.2 Å². The van der Waals surface area contributed by atoms with Crippen molar-refractivity contribution in [2.24, 2.45) is 0 Å². The number of aryl methyl sites for hydroxylation is 1. The number of ether oxygens (including phenoxy) is 1. The van der Waals surface area contributed by atoms with Gasteiger partial charge in [-0.25, -0.2) is 0 Å². The Hall–Kier alpha value is -2.99. The molecular weight excluding hydrogens is 368 g/mol. The average molecular weight is 394 g/mol. The Kier molecular flexibility index (Phi) is 6.44. The minimum Gasteiger partial charge on any atom is -0.385 e. The molecule has 6 nitrogen and oxygen atoms in total. The highest BCUT2D eigenvalue weighted by Gasteiger charge is 2.35. The van der Waals surface area contributed by atoms with Gasteiger partial charge in [0.05, 0.1) is 17.2 Å². The largest absolute Gasteiger partial charge is 0.385 e. The predicted molar refractivity (Wildman–Crippen MR) is 110 cm³/mol. The molecule has 1 aliphatic rings. The molecule has 29 heavy (non-hydrogen) atoms. The number of nitrogens with zero attached hydrogens (tertiary/aromatic N) is 1. The number of amides is 3. The monoisotopic (exact) mass is 394 g/mol. The van der Waals surface area contributed by atoms with Crippen molar-refractivity contribution in [3.05, 3.63) is 70.3 Å². The van der Waals surface area contributed by atoms with Gasteiger partial charge in [0.15, 0.2) is 0 Å². The number of nitrogens with one attached hydrogen (secondary N) is 1. The van der Waals surface area contributed by atoms with Crippen LogP contribution in [0.3, 0.4) is 0 Å². The normalized spacial score (nSPS) is 14.1. The molecule has 1 heterocycles. The molecular formula is C23H26N2O4. The fourth-order valence-corrected chi connectivity index (χ4v) is 3.46. The Morgan fingerprint density at radius 1 is 1.07 bits per heavy atom. The van der Waals surface area contributed by atoms with Crippen LogP contribution < -0.4 is 5.32 Å². The molecule has 1 N–H and O–H groups in total. The Labute approximate surface area is 170 Å². The summed E-state index contributed by atoms with van der Waals surface area (Å²) in [5.74, 6) is -0.946. The fraction of sp³-hybridized carbons (Fsp3) is 0.348. The summed E-state index contributed by atoms with van der Waals surface area (Å²) in [5.41, 5.74) is 3.18. The molecule has 0 spiro atoms. The van der Waals surface area contributed by atoms with Gasteiger partial charge in [0.2, 0.25) is 0 Å². The van der Waals surface area contributed by atoms with E-state index in [0.29, 0.717) is 30.7 Å². The molecule has 2 aromatic rings. The first-order chi connectivity index (χ1) is 14.0. The molecule has 1 atom stereocenters. The summed E-state index contributed by atoms with van der Waals surface area (Å²) in [6.45, 7) is 4.80. The van der Waals surface area contributed by atoms with Gasteiger partial charge in [-0.1, -0.05) is 36.8 Å². The molecule has 0 fully saturated rings. The van der Waals surface area contributed by atoms with Gasteiger partial charge < -0.3 is 10.1 Å². The molecule has 0 radical (unpaired) electrons. The number of hydrogen-bond donors (Lipinski definition) is 1. The summed E-state index contributed by atoms with van der Waals surface area (Å²) in [4.78, 5) is 39.1. The van der Waals surface area contributed by atoms with E-state index in [1.165, 1.54) is 11.0 Å². The van der Waals surface area contributed by atoms with Crippen LogP contribution in [0.15, 0.2) is 42.5 Å². The average Bonchev–Trinajstić information content (AvgIpc) is 2.97. The summed E-state index contributed by atoms with van der Waals surface area (Å²) < 4.78 is 4.99. The first-order valence-electron chi connectivity index (χ1n) is 9.82. The Morgan fingerprint density at radius 3 is 2.41 bits per heavy atom. The van der Waals surface area contributed by atoms with Crippen LogP contribution in [0.1, 0.15) is 68.0 Å². The summed E-state index contributed by atoms with van der Waals surface area (Å²) in [7, 11) is 1.58. The van der Waals surface area contributed by atoms with E-state index in [0.717, 1.165) is 17.5 Å². The number of imide groups is 1. The zero-order chi connectivity index (χ0) is 21.0. The first kappa shape index (κ1) is 20.7. The van der Waals surface area contributed by atoms with Crippen LogP contribution in [0, 0.1) is 6.92 Å². The van der Waals surface area contributed by atoms with E-state index >= 15 is 0 Å². The fourth-order valence-electron chi connectivity index (χ4n) is 3.46. The van der Waals surface area contributed by atoms with Crippen molar-refractivity contribution in [3.8, 4) is 0 Å². The number of fused-ring (bicyclic) bond motifs is 1. The third kappa shape index (κ3) is 4.38. The molecule has 1 aliphatic heterocycles. The third-order valence-corrected chi connectivity index (χ3v) is 5.16. The van der Waals surface area contributed by atoms with Crippen molar-refractivity contribution < 1.29 is 19.1 Å². The third-order valence-electron chi connectivity index (χ3n) is 5.16. The summed E-state index contributed by atoms with van der Waals surface area (Å²) in [6, 6.07) is 12.6. The quantitative estimate of drug-likeness (QED) is 0.549. The zero-order valence-corrected chi connectivity index (χ0v) is 17.0. The minimum atomic E-state index is -0.360. The molecule has 6 heteroatoms. The Morgan fingerprint density at radius 2 is 1.76 bits per heavy atom. The van der Waals surface area contributed by atoms with E-state index in [2.05, 4.69) is 5.32 Å². The van der Waals surface area contributed by atoms with Crippen molar-refractivity contribution >= 4 is 17.7 Å². The van der Waals surface area contributed by atoms with Crippen LogP contribution in [-0.4, -0.2) is 42.9 Å². The molecule has 3 amide bonds. The van der Waals surface area contributed by atoms with Gasteiger partial charge in [-0.15, -0.1) is 0 Å². The minimum absolute atomic E-state index is 0.126. The highest BCUT2D eigenvalue weighted by Crippen LogP contribution is 2.25. The van der Waals surface area contributed by atoms with Crippen LogP contribution in [0.2, 0.25) is 0 Å². The van der Waals surface area contributed by atoms with Crippen LogP contribution in [0.4, 0.5) is 0 Å². The molecule has 152 valence electrons. The van der Waals surface area contributed by atoms with E-state index in [9.17, 15) is 14.4 Å². The maximum absolute atomic E-state index is 12.8. The Bertz CT molecular complexity index is 921. The second kappa shape index (κ2) is 9.01.